The summed E-state index contributed by atoms with van der Waals surface area (Å²) in [7, 11) is 1.86. The second-order valence-electron chi connectivity index (χ2n) is 5.81. The predicted molar refractivity (Wildman–Crippen MR) is 79.2 cm³/mol. The Kier molecular flexibility index (Phi) is 5.01. The van der Waals surface area contributed by atoms with Crippen LogP contribution in [0.3, 0.4) is 0 Å². The highest BCUT2D eigenvalue weighted by Gasteiger charge is 2.28. The average Bonchev–Trinajstić information content (AvgIpc) is 2.90. The Morgan fingerprint density at radius 1 is 1.60 bits per heavy atom. The summed E-state index contributed by atoms with van der Waals surface area (Å²) in [5.41, 5.74) is 1.02. The van der Waals surface area contributed by atoms with E-state index in [1.54, 1.807) is 11.2 Å². The summed E-state index contributed by atoms with van der Waals surface area (Å²) in [6.45, 7) is 9.12. The first-order chi connectivity index (χ1) is 9.56. The van der Waals surface area contributed by atoms with Crippen LogP contribution in [-0.2, 0) is 11.3 Å². The number of likely N-dealkylation sites (N-methyl/N-ethyl adjacent to an activating group) is 1. The van der Waals surface area contributed by atoms with Gasteiger partial charge in [0.05, 0.1) is 18.7 Å². The molecule has 2 rings (SSSR count). The fourth-order valence-electron chi connectivity index (χ4n) is 2.82. The van der Waals surface area contributed by atoms with Crippen LogP contribution in [0.25, 0.3) is 0 Å². The normalized spacial score (nSPS) is 19.8. The molecular formula is C16H24N2O2. The third kappa shape index (κ3) is 3.97. The first-order valence-electron chi connectivity index (χ1n) is 7.20. The molecule has 1 atom stereocenters. The van der Waals surface area contributed by atoms with E-state index in [1.807, 2.05) is 26.1 Å². The molecule has 0 spiro atoms. The highest BCUT2D eigenvalue weighted by molar-refractivity contribution is 5.79. The monoisotopic (exact) mass is 276 g/mol. The van der Waals surface area contributed by atoms with Gasteiger partial charge in [0.1, 0.15) is 5.76 Å². The second-order valence-corrected chi connectivity index (χ2v) is 5.81. The van der Waals surface area contributed by atoms with Crippen molar-refractivity contribution in [3.05, 3.63) is 36.3 Å². The molecule has 4 heteroatoms. The van der Waals surface area contributed by atoms with E-state index in [0.29, 0.717) is 6.54 Å². The van der Waals surface area contributed by atoms with Crippen molar-refractivity contribution in [3.63, 3.8) is 0 Å². The fraction of sp³-hybridized carbons (Fsp3) is 0.562. The highest BCUT2D eigenvalue weighted by Crippen LogP contribution is 2.20. The van der Waals surface area contributed by atoms with Crippen LogP contribution < -0.4 is 0 Å². The molecule has 1 aliphatic rings. The first-order valence-corrected chi connectivity index (χ1v) is 7.20. The van der Waals surface area contributed by atoms with Gasteiger partial charge in [-0.2, -0.15) is 0 Å². The summed E-state index contributed by atoms with van der Waals surface area (Å²) >= 11 is 0. The van der Waals surface area contributed by atoms with Crippen molar-refractivity contribution in [1.82, 2.24) is 9.80 Å². The molecule has 0 unspecified atom stereocenters. The Labute approximate surface area is 121 Å². The molecule has 0 N–H and O–H groups in total. The maximum absolute atomic E-state index is 12.4. The summed E-state index contributed by atoms with van der Waals surface area (Å²) in [5, 5.41) is 0. The lowest BCUT2D eigenvalue weighted by Crippen LogP contribution is -2.43. The van der Waals surface area contributed by atoms with E-state index in [4.69, 9.17) is 4.42 Å². The number of carbonyl (C=O) groups excluding carboxylic acids is 1. The molecule has 20 heavy (non-hydrogen) atoms. The van der Waals surface area contributed by atoms with Crippen LogP contribution in [0.1, 0.15) is 25.5 Å². The summed E-state index contributed by atoms with van der Waals surface area (Å²) in [6.07, 6.45) is 3.74. The second kappa shape index (κ2) is 6.75. The van der Waals surface area contributed by atoms with Gasteiger partial charge in [-0.05, 0) is 38.4 Å². The molecule has 2 heterocycles. The Hall–Kier alpha value is -1.55. The predicted octanol–water partition coefficient (Wildman–Crippen LogP) is 2.53. The SMILES string of the molecule is C=C(C)CN(C)C(=O)[C@H]1CCCN(Cc2ccco2)C1. The standard InChI is InChI=1S/C16H24N2O2/c1-13(2)10-17(3)16(19)14-6-4-8-18(11-14)12-15-7-5-9-20-15/h5,7,9,14H,1,4,6,8,10-12H2,2-3H3/t14-/m0/s1. The highest BCUT2D eigenvalue weighted by atomic mass is 16.3. The van der Waals surface area contributed by atoms with Gasteiger partial charge in [0, 0.05) is 20.1 Å². The van der Waals surface area contributed by atoms with Crippen LogP contribution in [0.4, 0.5) is 0 Å². The van der Waals surface area contributed by atoms with E-state index >= 15 is 0 Å². The largest absolute Gasteiger partial charge is 0.468 e. The molecule has 0 aromatic carbocycles. The third-order valence-electron chi connectivity index (χ3n) is 3.70. The van der Waals surface area contributed by atoms with Crippen molar-refractivity contribution in [2.75, 3.05) is 26.7 Å². The minimum Gasteiger partial charge on any atom is -0.468 e. The molecule has 1 aromatic heterocycles. The first kappa shape index (κ1) is 14.9. The quantitative estimate of drug-likeness (QED) is 0.775. The van der Waals surface area contributed by atoms with Gasteiger partial charge in [0.2, 0.25) is 5.91 Å². The van der Waals surface area contributed by atoms with Gasteiger partial charge in [-0.1, -0.05) is 12.2 Å². The lowest BCUT2D eigenvalue weighted by atomic mass is 9.96. The third-order valence-corrected chi connectivity index (χ3v) is 3.70. The molecule has 1 amide bonds. The molecular weight excluding hydrogens is 252 g/mol. The number of carbonyl (C=O) groups is 1. The van der Waals surface area contributed by atoms with Gasteiger partial charge in [-0.3, -0.25) is 9.69 Å². The molecule has 0 saturated carbocycles. The van der Waals surface area contributed by atoms with E-state index < -0.39 is 0 Å². The Balaban J connectivity index is 1.89. The van der Waals surface area contributed by atoms with Gasteiger partial charge in [-0.25, -0.2) is 0 Å². The van der Waals surface area contributed by atoms with Crippen molar-refractivity contribution in [2.45, 2.75) is 26.3 Å². The van der Waals surface area contributed by atoms with Gasteiger partial charge in [0.15, 0.2) is 0 Å². The van der Waals surface area contributed by atoms with Crippen LogP contribution in [0.2, 0.25) is 0 Å². The van der Waals surface area contributed by atoms with E-state index in [2.05, 4.69) is 11.5 Å². The molecule has 0 bridgehead atoms. The lowest BCUT2D eigenvalue weighted by Gasteiger charge is -2.33. The van der Waals surface area contributed by atoms with Crippen molar-refractivity contribution >= 4 is 5.91 Å². The van der Waals surface area contributed by atoms with Crippen LogP contribution in [0, 0.1) is 5.92 Å². The Morgan fingerprint density at radius 3 is 3.05 bits per heavy atom. The van der Waals surface area contributed by atoms with Crippen LogP contribution >= 0.6 is 0 Å². The summed E-state index contributed by atoms with van der Waals surface area (Å²) < 4.78 is 5.38. The molecule has 1 saturated heterocycles. The molecule has 4 nitrogen and oxygen atoms in total. The lowest BCUT2D eigenvalue weighted by molar-refractivity contribution is -0.135. The van der Waals surface area contributed by atoms with Crippen LogP contribution in [0.5, 0.6) is 0 Å². The molecule has 110 valence electrons. The summed E-state index contributed by atoms with van der Waals surface area (Å²) in [5.74, 6) is 1.30. The molecule has 0 aliphatic carbocycles. The topological polar surface area (TPSA) is 36.7 Å². The summed E-state index contributed by atoms with van der Waals surface area (Å²) in [6, 6.07) is 3.89. The Morgan fingerprint density at radius 2 is 2.40 bits per heavy atom. The van der Waals surface area contributed by atoms with Gasteiger partial charge < -0.3 is 9.32 Å². The number of hydrogen-bond acceptors (Lipinski definition) is 3. The molecule has 1 fully saturated rings. The van der Waals surface area contributed by atoms with Crippen molar-refractivity contribution in [2.24, 2.45) is 5.92 Å². The van der Waals surface area contributed by atoms with E-state index in [0.717, 1.165) is 43.8 Å². The van der Waals surface area contributed by atoms with Crippen molar-refractivity contribution in [1.29, 1.82) is 0 Å². The smallest absolute Gasteiger partial charge is 0.227 e. The number of piperidine rings is 1. The Bertz CT molecular complexity index is 453. The van der Waals surface area contributed by atoms with Crippen molar-refractivity contribution in [3.8, 4) is 0 Å². The maximum Gasteiger partial charge on any atom is 0.227 e. The zero-order valence-electron chi connectivity index (χ0n) is 12.5. The number of nitrogens with zero attached hydrogens (tertiary/aromatic N) is 2. The number of likely N-dealkylation sites (tertiary alicyclic amines) is 1. The number of rotatable bonds is 5. The fourth-order valence-corrected chi connectivity index (χ4v) is 2.82. The molecule has 0 radical (unpaired) electrons. The molecule has 1 aromatic rings. The van der Waals surface area contributed by atoms with Crippen LogP contribution in [-0.4, -0.2) is 42.4 Å². The number of furan rings is 1. The average molecular weight is 276 g/mol. The number of amides is 1. The summed E-state index contributed by atoms with van der Waals surface area (Å²) in [4.78, 5) is 16.5. The van der Waals surface area contributed by atoms with E-state index in [-0.39, 0.29) is 11.8 Å². The zero-order valence-corrected chi connectivity index (χ0v) is 12.5. The van der Waals surface area contributed by atoms with Gasteiger partial charge >= 0.3 is 0 Å². The zero-order chi connectivity index (χ0) is 14.5. The van der Waals surface area contributed by atoms with Gasteiger partial charge in [-0.15, -0.1) is 0 Å². The minimum absolute atomic E-state index is 0.100. The van der Waals surface area contributed by atoms with E-state index in [9.17, 15) is 4.79 Å². The van der Waals surface area contributed by atoms with E-state index in [1.165, 1.54) is 0 Å². The molecule has 1 aliphatic heterocycles. The van der Waals surface area contributed by atoms with Crippen LogP contribution in [0.15, 0.2) is 35.0 Å². The maximum atomic E-state index is 12.4. The van der Waals surface area contributed by atoms with Gasteiger partial charge in [0.25, 0.3) is 0 Å². The minimum atomic E-state index is 0.100. The van der Waals surface area contributed by atoms with Crippen molar-refractivity contribution < 1.29 is 9.21 Å². The number of hydrogen-bond donors (Lipinski definition) is 0.